The number of carbonyl (C=O) groups excluding carboxylic acids is 1. The Balaban J connectivity index is 2.24. The third kappa shape index (κ3) is 2.65. The summed E-state index contributed by atoms with van der Waals surface area (Å²) >= 11 is 0. The topological polar surface area (TPSA) is 94.0 Å². The zero-order valence-corrected chi connectivity index (χ0v) is 10.2. The summed E-state index contributed by atoms with van der Waals surface area (Å²) in [6.07, 6.45) is 2.78. The number of nitrogens with zero attached hydrogens (tertiary/aromatic N) is 2. The molecule has 0 aliphatic heterocycles. The highest BCUT2D eigenvalue weighted by molar-refractivity contribution is 6.04. The standard InChI is InChI=1S/C12H14N4O2/c1-7(2)10-3-8(4-11(13)16-10)12(17)15-9-5-14-18-6-9/h3-7H,1-2H3,(H2,13,16)(H,15,17). The molecule has 3 N–H and O–H groups in total. The zero-order valence-electron chi connectivity index (χ0n) is 10.2. The van der Waals surface area contributed by atoms with Gasteiger partial charge in [0.25, 0.3) is 5.91 Å². The highest BCUT2D eigenvalue weighted by atomic mass is 16.5. The van der Waals surface area contributed by atoms with Crippen LogP contribution in [0.2, 0.25) is 0 Å². The number of anilines is 2. The molecule has 6 heteroatoms. The number of nitrogens with one attached hydrogen (secondary N) is 1. The summed E-state index contributed by atoms with van der Waals surface area (Å²) in [6, 6.07) is 3.26. The lowest BCUT2D eigenvalue weighted by Crippen LogP contribution is -2.13. The number of carbonyl (C=O) groups is 1. The monoisotopic (exact) mass is 246 g/mol. The summed E-state index contributed by atoms with van der Waals surface area (Å²) in [5, 5.41) is 6.16. The van der Waals surface area contributed by atoms with Crippen LogP contribution in [0.4, 0.5) is 11.5 Å². The predicted octanol–water partition coefficient (Wildman–Crippen LogP) is 2.03. The molecule has 0 fully saturated rings. The number of pyridine rings is 1. The number of rotatable bonds is 3. The van der Waals surface area contributed by atoms with Crippen LogP contribution in [0.25, 0.3) is 0 Å². The van der Waals surface area contributed by atoms with Crippen LogP contribution >= 0.6 is 0 Å². The van der Waals surface area contributed by atoms with E-state index >= 15 is 0 Å². The third-order valence-corrected chi connectivity index (χ3v) is 2.41. The van der Waals surface area contributed by atoms with Crippen molar-refractivity contribution in [1.29, 1.82) is 0 Å². The number of nitrogens with two attached hydrogens (primary N) is 1. The van der Waals surface area contributed by atoms with Crippen LogP contribution in [-0.4, -0.2) is 16.0 Å². The molecule has 0 saturated heterocycles. The van der Waals surface area contributed by atoms with Crippen LogP contribution in [0.5, 0.6) is 0 Å². The van der Waals surface area contributed by atoms with E-state index in [2.05, 4.69) is 20.0 Å². The van der Waals surface area contributed by atoms with Gasteiger partial charge in [0, 0.05) is 11.3 Å². The van der Waals surface area contributed by atoms with Gasteiger partial charge in [0.15, 0.2) is 0 Å². The quantitative estimate of drug-likeness (QED) is 0.864. The first-order valence-electron chi connectivity index (χ1n) is 5.54. The molecule has 0 unspecified atom stereocenters. The fraction of sp³-hybridized carbons (Fsp3) is 0.250. The number of amides is 1. The molecule has 2 heterocycles. The van der Waals surface area contributed by atoms with Crippen molar-refractivity contribution < 1.29 is 9.32 Å². The maximum atomic E-state index is 12.0. The molecule has 0 atom stereocenters. The van der Waals surface area contributed by atoms with Gasteiger partial charge < -0.3 is 15.6 Å². The molecule has 1 amide bonds. The van der Waals surface area contributed by atoms with Gasteiger partial charge in [-0.05, 0) is 18.1 Å². The van der Waals surface area contributed by atoms with Gasteiger partial charge in [-0.25, -0.2) is 4.98 Å². The van der Waals surface area contributed by atoms with Crippen molar-refractivity contribution in [2.75, 3.05) is 11.1 Å². The summed E-state index contributed by atoms with van der Waals surface area (Å²) in [5.74, 6) is 0.265. The highest BCUT2D eigenvalue weighted by Gasteiger charge is 2.11. The van der Waals surface area contributed by atoms with Crippen molar-refractivity contribution in [3.05, 3.63) is 35.9 Å². The Hall–Kier alpha value is -2.37. The average Bonchev–Trinajstić information content (AvgIpc) is 2.80. The Kier molecular flexibility index (Phi) is 3.27. The average molecular weight is 246 g/mol. The largest absolute Gasteiger partial charge is 0.384 e. The van der Waals surface area contributed by atoms with E-state index in [9.17, 15) is 4.79 Å². The molecule has 18 heavy (non-hydrogen) atoms. The molecular formula is C12H14N4O2. The fourth-order valence-corrected chi connectivity index (χ4v) is 1.47. The van der Waals surface area contributed by atoms with E-state index in [1.807, 2.05) is 13.8 Å². The third-order valence-electron chi connectivity index (χ3n) is 2.41. The normalized spacial score (nSPS) is 10.6. The molecule has 0 aromatic carbocycles. The predicted molar refractivity (Wildman–Crippen MR) is 67.2 cm³/mol. The van der Waals surface area contributed by atoms with Crippen molar-refractivity contribution in [3.8, 4) is 0 Å². The van der Waals surface area contributed by atoms with Gasteiger partial charge in [-0.1, -0.05) is 19.0 Å². The second-order valence-electron chi connectivity index (χ2n) is 4.23. The van der Waals surface area contributed by atoms with Crippen molar-refractivity contribution in [3.63, 3.8) is 0 Å². The summed E-state index contributed by atoms with van der Waals surface area (Å²) in [7, 11) is 0. The van der Waals surface area contributed by atoms with Gasteiger partial charge in [0.1, 0.15) is 17.8 Å². The van der Waals surface area contributed by atoms with E-state index in [-0.39, 0.29) is 11.8 Å². The minimum atomic E-state index is -0.269. The molecule has 0 bridgehead atoms. The molecule has 0 saturated carbocycles. The molecule has 6 nitrogen and oxygen atoms in total. The first-order chi connectivity index (χ1) is 8.56. The molecular weight excluding hydrogens is 232 g/mol. The minimum Gasteiger partial charge on any atom is -0.384 e. The maximum absolute atomic E-state index is 12.0. The summed E-state index contributed by atoms with van der Waals surface area (Å²) in [4.78, 5) is 16.2. The Morgan fingerprint density at radius 2 is 2.22 bits per heavy atom. The van der Waals surface area contributed by atoms with Crippen LogP contribution in [-0.2, 0) is 0 Å². The van der Waals surface area contributed by atoms with E-state index in [1.165, 1.54) is 18.5 Å². The first kappa shape index (κ1) is 12.1. The minimum absolute atomic E-state index is 0.204. The Bertz CT molecular complexity index is 549. The van der Waals surface area contributed by atoms with E-state index < -0.39 is 0 Å². The van der Waals surface area contributed by atoms with Gasteiger partial charge >= 0.3 is 0 Å². The Morgan fingerprint density at radius 1 is 1.44 bits per heavy atom. The smallest absolute Gasteiger partial charge is 0.255 e. The van der Waals surface area contributed by atoms with Crippen molar-refractivity contribution in [1.82, 2.24) is 10.1 Å². The fourth-order valence-electron chi connectivity index (χ4n) is 1.47. The number of hydrogen-bond acceptors (Lipinski definition) is 5. The molecule has 0 radical (unpaired) electrons. The molecule has 94 valence electrons. The lowest BCUT2D eigenvalue weighted by Gasteiger charge is -2.08. The number of aromatic nitrogens is 2. The molecule has 2 rings (SSSR count). The lowest BCUT2D eigenvalue weighted by molar-refractivity contribution is 0.102. The summed E-state index contributed by atoms with van der Waals surface area (Å²) < 4.78 is 4.64. The molecule has 2 aromatic heterocycles. The molecule has 0 aliphatic carbocycles. The van der Waals surface area contributed by atoms with E-state index in [0.29, 0.717) is 17.1 Å². The van der Waals surface area contributed by atoms with Gasteiger partial charge in [-0.2, -0.15) is 0 Å². The van der Waals surface area contributed by atoms with E-state index in [1.54, 1.807) is 6.07 Å². The first-order valence-corrected chi connectivity index (χ1v) is 5.54. The maximum Gasteiger partial charge on any atom is 0.255 e. The lowest BCUT2D eigenvalue weighted by atomic mass is 10.1. The number of nitrogen functional groups attached to an aromatic ring is 1. The summed E-state index contributed by atoms with van der Waals surface area (Å²) in [6.45, 7) is 3.98. The zero-order chi connectivity index (χ0) is 13.1. The van der Waals surface area contributed by atoms with Gasteiger partial charge in [-0.15, -0.1) is 0 Å². The van der Waals surface area contributed by atoms with Crippen LogP contribution in [0.15, 0.2) is 29.1 Å². The summed E-state index contributed by atoms with van der Waals surface area (Å²) in [5.41, 5.74) is 7.44. The molecule has 0 aliphatic rings. The second-order valence-corrected chi connectivity index (χ2v) is 4.23. The van der Waals surface area contributed by atoms with E-state index in [4.69, 9.17) is 5.73 Å². The van der Waals surface area contributed by atoms with Gasteiger partial charge in [-0.3, -0.25) is 4.79 Å². The molecule has 0 spiro atoms. The van der Waals surface area contributed by atoms with Gasteiger partial charge in [0.2, 0.25) is 0 Å². The van der Waals surface area contributed by atoms with Crippen LogP contribution in [0, 0.1) is 0 Å². The van der Waals surface area contributed by atoms with Crippen molar-refractivity contribution in [2.24, 2.45) is 0 Å². The van der Waals surface area contributed by atoms with Crippen molar-refractivity contribution >= 4 is 17.4 Å². The van der Waals surface area contributed by atoms with Crippen LogP contribution in [0.3, 0.4) is 0 Å². The SMILES string of the molecule is CC(C)c1cc(C(=O)Nc2cnoc2)cc(N)n1. The Morgan fingerprint density at radius 3 is 2.83 bits per heavy atom. The van der Waals surface area contributed by atoms with Crippen LogP contribution < -0.4 is 11.1 Å². The highest BCUT2D eigenvalue weighted by Crippen LogP contribution is 2.17. The van der Waals surface area contributed by atoms with Crippen molar-refractivity contribution in [2.45, 2.75) is 19.8 Å². The molecule has 2 aromatic rings. The van der Waals surface area contributed by atoms with Gasteiger partial charge in [0.05, 0.1) is 6.20 Å². The second kappa shape index (κ2) is 4.87. The van der Waals surface area contributed by atoms with Crippen LogP contribution in [0.1, 0.15) is 35.8 Å². The number of hydrogen-bond donors (Lipinski definition) is 2. The Labute approximate surface area is 104 Å². The van der Waals surface area contributed by atoms with E-state index in [0.717, 1.165) is 5.69 Å².